The molecular formula is C12H21O3P. The minimum atomic E-state index is -3.19. The fraction of sp³-hybridized carbons (Fsp3) is 0.583. The summed E-state index contributed by atoms with van der Waals surface area (Å²) in [6.07, 6.45) is 2.14. The molecule has 0 heterocycles. The Morgan fingerprint density at radius 2 is 1.81 bits per heavy atom. The second-order valence-corrected chi connectivity index (χ2v) is 5.45. The average Bonchev–Trinajstić information content (AvgIpc) is 2.17. The van der Waals surface area contributed by atoms with E-state index >= 15 is 0 Å². The van der Waals surface area contributed by atoms with Gasteiger partial charge in [0.15, 0.2) is 0 Å². The Labute approximate surface area is 98.4 Å². The van der Waals surface area contributed by atoms with Crippen molar-refractivity contribution in [3.05, 3.63) is 29.3 Å². The molecule has 16 heavy (non-hydrogen) atoms. The molecule has 0 amide bonds. The summed E-state index contributed by atoms with van der Waals surface area (Å²) in [5.74, 6) is 0. The van der Waals surface area contributed by atoms with Gasteiger partial charge in [0, 0.05) is 6.42 Å². The first kappa shape index (κ1) is 15.4. The van der Waals surface area contributed by atoms with Crippen molar-refractivity contribution in [3.8, 4) is 0 Å². The zero-order valence-electron chi connectivity index (χ0n) is 10.6. The highest BCUT2D eigenvalue weighted by Gasteiger charge is 2.28. The molecule has 0 saturated heterocycles. The number of hydrogen-bond acceptors (Lipinski definition) is 3. The molecule has 0 aromatic carbocycles. The Balaban J connectivity index is 5.35. The van der Waals surface area contributed by atoms with Crippen molar-refractivity contribution in [2.75, 3.05) is 13.2 Å². The van der Waals surface area contributed by atoms with E-state index in [0.29, 0.717) is 24.9 Å². The molecule has 0 saturated carbocycles. The van der Waals surface area contributed by atoms with Gasteiger partial charge in [0.1, 0.15) is 0 Å². The van der Waals surface area contributed by atoms with Crippen LogP contribution in [-0.2, 0) is 13.6 Å². The van der Waals surface area contributed by atoms with Gasteiger partial charge in [-0.25, -0.2) is 0 Å². The number of rotatable bonds is 7. The molecule has 0 aromatic rings. The maximum absolute atomic E-state index is 12.4. The molecule has 0 unspecified atom stereocenters. The maximum atomic E-state index is 12.4. The zero-order valence-corrected chi connectivity index (χ0v) is 11.5. The van der Waals surface area contributed by atoms with Gasteiger partial charge < -0.3 is 9.05 Å². The minimum Gasteiger partial charge on any atom is -0.305 e. The maximum Gasteiger partial charge on any atom is 0.365 e. The third-order valence-corrected chi connectivity index (χ3v) is 3.81. The molecule has 0 radical (unpaired) electrons. The van der Waals surface area contributed by atoms with Gasteiger partial charge in [0.2, 0.25) is 0 Å². The molecule has 0 rings (SSSR count). The van der Waals surface area contributed by atoms with Crippen molar-refractivity contribution in [2.24, 2.45) is 0 Å². The molecule has 0 fully saturated rings. The molecule has 0 aromatic heterocycles. The molecule has 4 heteroatoms. The van der Waals surface area contributed by atoms with Gasteiger partial charge in [-0.2, -0.15) is 0 Å². The molecule has 0 bridgehead atoms. The molecule has 0 aliphatic carbocycles. The van der Waals surface area contributed by atoms with Gasteiger partial charge in [-0.3, -0.25) is 4.57 Å². The van der Waals surface area contributed by atoms with E-state index in [2.05, 4.69) is 12.3 Å². The van der Waals surface area contributed by atoms with Crippen LogP contribution in [0.25, 0.3) is 0 Å². The van der Waals surface area contributed by atoms with E-state index in [1.54, 1.807) is 19.9 Å². The lowest BCUT2D eigenvalue weighted by Crippen LogP contribution is -1.98. The molecular weight excluding hydrogens is 223 g/mol. The SMILES string of the molecule is C=CCC(=C=C(C)C)P(=O)(OCC)OCC. The molecule has 0 atom stereocenters. The van der Waals surface area contributed by atoms with Crippen molar-refractivity contribution < 1.29 is 13.6 Å². The van der Waals surface area contributed by atoms with E-state index in [0.717, 1.165) is 5.57 Å². The number of hydrogen-bond donors (Lipinski definition) is 0. The van der Waals surface area contributed by atoms with Gasteiger partial charge in [0.25, 0.3) is 0 Å². The molecule has 0 N–H and O–H groups in total. The van der Waals surface area contributed by atoms with Crippen LogP contribution in [0.1, 0.15) is 34.1 Å². The topological polar surface area (TPSA) is 35.5 Å². The molecule has 0 aliphatic rings. The van der Waals surface area contributed by atoms with Crippen LogP contribution in [0.4, 0.5) is 0 Å². The van der Waals surface area contributed by atoms with Crippen molar-refractivity contribution >= 4 is 7.60 Å². The highest BCUT2D eigenvalue weighted by Crippen LogP contribution is 2.57. The normalized spacial score (nSPS) is 10.8. The highest BCUT2D eigenvalue weighted by atomic mass is 31.2. The second kappa shape index (κ2) is 7.65. The second-order valence-electron chi connectivity index (χ2n) is 3.40. The van der Waals surface area contributed by atoms with Gasteiger partial charge in [-0.05, 0) is 33.3 Å². The van der Waals surface area contributed by atoms with Crippen molar-refractivity contribution in [2.45, 2.75) is 34.1 Å². The van der Waals surface area contributed by atoms with E-state index in [-0.39, 0.29) is 0 Å². The van der Waals surface area contributed by atoms with Crippen LogP contribution >= 0.6 is 7.60 Å². The van der Waals surface area contributed by atoms with Crippen molar-refractivity contribution in [3.63, 3.8) is 0 Å². The first-order valence-electron chi connectivity index (χ1n) is 5.43. The Hall–Kier alpha value is -0.590. The van der Waals surface area contributed by atoms with E-state index < -0.39 is 7.60 Å². The van der Waals surface area contributed by atoms with Crippen LogP contribution in [0, 0.1) is 0 Å². The fourth-order valence-corrected chi connectivity index (χ4v) is 2.97. The summed E-state index contributed by atoms with van der Waals surface area (Å²) in [7, 11) is -3.19. The molecule has 0 aliphatic heterocycles. The highest BCUT2D eigenvalue weighted by molar-refractivity contribution is 7.58. The quantitative estimate of drug-likeness (QED) is 0.381. The smallest absolute Gasteiger partial charge is 0.305 e. The molecule has 92 valence electrons. The zero-order chi connectivity index (χ0) is 12.6. The van der Waals surface area contributed by atoms with Crippen LogP contribution in [0.2, 0.25) is 0 Å². The van der Waals surface area contributed by atoms with Crippen molar-refractivity contribution in [1.82, 2.24) is 0 Å². The number of allylic oxidation sites excluding steroid dienone is 2. The summed E-state index contributed by atoms with van der Waals surface area (Å²) in [6, 6.07) is 0. The Morgan fingerprint density at radius 3 is 2.12 bits per heavy atom. The van der Waals surface area contributed by atoms with E-state index in [9.17, 15) is 4.57 Å². The summed E-state index contributed by atoms with van der Waals surface area (Å²) in [5, 5.41) is 0.547. The molecule has 3 nitrogen and oxygen atoms in total. The van der Waals surface area contributed by atoms with Gasteiger partial charge in [0.05, 0.1) is 18.5 Å². The van der Waals surface area contributed by atoms with Crippen LogP contribution in [0.15, 0.2) is 29.3 Å². The Bertz CT molecular complexity index is 324. The lowest BCUT2D eigenvalue weighted by atomic mass is 10.3. The summed E-state index contributed by atoms with van der Waals surface area (Å²) in [4.78, 5) is 0. The van der Waals surface area contributed by atoms with E-state index in [1.807, 2.05) is 13.8 Å². The minimum absolute atomic E-state index is 0.350. The van der Waals surface area contributed by atoms with Crippen LogP contribution in [0.5, 0.6) is 0 Å². The summed E-state index contributed by atoms with van der Waals surface area (Å²) >= 11 is 0. The lowest BCUT2D eigenvalue weighted by Gasteiger charge is -2.17. The molecule has 0 spiro atoms. The summed E-state index contributed by atoms with van der Waals surface area (Å²) < 4.78 is 23.0. The van der Waals surface area contributed by atoms with E-state index in [4.69, 9.17) is 9.05 Å². The van der Waals surface area contributed by atoms with Crippen LogP contribution in [0.3, 0.4) is 0 Å². The first-order valence-corrected chi connectivity index (χ1v) is 6.98. The largest absolute Gasteiger partial charge is 0.365 e. The van der Waals surface area contributed by atoms with Crippen molar-refractivity contribution in [1.29, 1.82) is 0 Å². The summed E-state index contributed by atoms with van der Waals surface area (Å²) in [6.45, 7) is 11.7. The third kappa shape index (κ3) is 4.96. The standard InChI is InChI=1S/C12H21O3P/c1-6-9-12(10-11(4)5)16(13,14-7-2)15-8-3/h6H,1,7-9H2,2-5H3. The first-order chi connectivity index (χ1) is 7.50. The Morgan fingerprint density at radius 1 is 1.31 bits per heavy atom. The predicted octanol–water partition coefficient (Wildman–Crippen LogP) is 4.28. The monoisotopic (exact) mass is 244 g/mol. The average molecular weight is 244 g/mol. The van der Waals surface area contributed by atoms with Gasteiger partial charge >= 0.3 is 7.60 Å². The van der Waals surface area contributed by atoms with Gasteiger partial charge in [-0.15, -0.1) is 12.3 Å². The lowest BCUT2D eigenvalue weighted by molar-refractivity contribution is 0.226. The third-order valence-electron chi connectivity index (χ3n) is 1.66. The van der Waals surface area contributed by atoms with E-state index in [1.165, 1.54) is 0 Å². The summed E-state index contributed by atoms with van der Waals surface area (Å²) in [5.41, 5.74) is 3.98. The van der Waals surface area contributed by atoms with Crippen LogP contribution in [-0.4, -0.2) is 13.2 Å². The van der Waals surface area contributed by atoms with Crippen LogP contribution < -0.4 is 0 Å². The predicted molar refractivity (Wildman–Crippen MR) is 67.6 cm³/mol. The Kier molecular flexibility index (Phi) is 7.36. The fourth-order valence-electron chi connectivity index (χ4n) is 1.19. The van der Waals surface area contributed by atoms with Gasteiger partial charge in [-0.1, -0.05) is 6.08 Å².